The molecule has 1 aromatic carbocycles. The van der Waals surface area contributed by atoms with Crippen LogP contribution in [0.15, 0.2) is 35.9 Å². The van der Waals surface area contributed by atoms with E-state index in [9.17, 15) is 9.59 Å². The third-order valence-corrected chi connectivity index (χ3v) is 12.4. The number of benzene rings is 1. The average molecular weight is 682 g/mol. The van der Waals surface area contributed by atoms with E-state index < -0.39 is 12.4 Å². The Kier molecular flexibility index (Phi) is 11.9. The number of methoxy groups -OCH3 is 3. The first-order valence-corrected chi connectivity index (χ1v) is 18.8. The first-order chi connectivity index (χ1) is 23.6. The van der Waals surface area contributed by atoms with Gasteiger partial charge in [-0.25, -0.2) is 0 Å². The van der Waals surface area contributed by atoms with E-state index in [-0.39, 0.29) is 78.4 Å². The highest BCUT2D eigenvalue weighted by atomic mass is 16.7. The van der Waals surface area contributed by atoms with Gasteiger partial charge >= 0.3 is 5.97 Å². The lowest BCUT2D eigenvalue weighted by Crippen LogP contribution is -2.59. The highest BCUT2D eigenvalue weighted by Crippen LogP contribution is 2.57. The quantitative estimate of drug-likeness (QED) is 0.302. The summed E-state index contributed by atoms with van der Waals surface area (Å²) in [6.45, 7) is 8.26. The molecule has 3 unspecified atom stereocenters. The number of allylic oxidation sites excluding steroid dienone is 2. The lowest BCUT2D eigenvalue weighted by molar-refractivity contribution is -0.314. The standard InChI is InChI=1S/C40H59NO8/c1-8-27-15-10-9-13-23(3)36(43)32-20-30-29-19-28(49-40-39(46-7)38(45-6)37(44-5)24(4)47-40)17-25(29)18-33(35(30)31(32)21-34(42)48-27)41-26-14-11-12-22(2)16-26/h11-12,14,16,20,23-25,27-31,33,35,37-41H,8-10,13,15,17-19,21H2,1-7H3/t23-,24?,25+,27+,28-,29-,30+,31-,33+,35-,37+,38?,39?,40+/m1/s1. The Morgan fingerprint density at radius 2 is 1.69 bits per heavy atom. The number of Topliss-reactive ketones (excluding diaryl/α,β-unsaturated/α-hetero) is 1. The molecule has 4 fully saturated rings. The zero-order valence-corrected chi connectivity index (χ0v) is 30.6. The summed E-state index contributed by atoms with van der Waals surface area (Å²) in [5, 5.41) is 3.92. The van der Waals surface area contributed by atoms with Crippen LogP contribution in [-0.2, 0) is 38.0 Å². The van der Waals surface area contributed by atoms with Crippen LogP contribution < -0.4 is 5.32 Å². The van der Waals surface area contributed by atoms with Gasteiger partial charge in [0.15, 0.2) is 12.1 Å². The van der Waals surface area contributed by atoms with Gasteiger partial charge < -0.3 is 33.7 Å². The van der Waals surface area contributed by atoms with Gasteiger partial charge in [0.25, 0.3) is 0 Å². The van der Waals surface area contributed by atoms with Crippen molar-refractivity contribution in [2.45, 2.75) is 134 Å². The van der Waals surface area contributed by atoms with E-state index in [1.807, 2.05) is 6.92 Å². The van der Waals surface area contributed by atoms with Crippen LogP contribution in [0.5, 0.6) is 0 Å². The van der Waals surface area contributed by atoms with Crippen molar-refractivity contribution >= 4 is 17.4 Å². The number of rotatable bonds is 8. The number of nitrogens with one attached hydrogen (secondary N) is 1. The summed E-state index contributed by atoms with van der Waals surface area (Å²) in [7, 11) is 5.01. The second-order valence-electron chi connectivity index (χ2n) is 15.5. The Bertz CT molecular complexity index is 1330. The first kappa shape index (κ1) is 36.5. The molecule has 2 heterocycles. The molecule has 9 heteroatoms. The third kappa shape index (κ3) is 7.67. The average Bonchev–Trinajstić information content (AvgIpc) is 3.66. The van der Waals surface area contributed by atoms with Crippen LogP contribution in [0.1, 0.15) is 84.1 Å². The Balaban J connectivity index is 1.30. The number of carbonyl (C=O) groups is 2. The molecule has 0 amide bonds. The van der Waals surface area contributed by atoms with Crippen molar-refractivity contribution in [3.63, 3.8) is 0 Å². The van der Waals surface area contributed by atoms with Crippen molar-refractivity contribution in [3.05, 3.63) is 41.5 Å². The summed E-state index contributed by atoms with van der Waals surface area (Å²) < 4.78 is 36.7. The molecule has 2 aliphatic heterocycles. The molecule has 49 heavy (non-hydrogen) atoms. The van der Waals surface area contributed by atoms with Gasteiger partial charge in [0.2, 0.25) is 0 Å². The molecule has 0 aromatic heterocycles. The predicted molar refractivity (Wildman–Crippen MR) is 187 cm³/mol. The molecule has 3 aliphatic carbocycles. The van der Waals surface area contributed by atoms with Crippen molar-refractivity contribution in [1.29, 1.82) is 0 Å². The molecule has 0 spiro atoms. The number of hydrogen-bond donors (Lipinski definition) is 1. The number of esters is 1. The summed E-state index contributed by atoms with van der Waals surface area (Å²) in [5.41, 5.74) is 3.12. The summed E-state index contributed by atoms with van der Waals surface area (Å²) in [5.74, 6) is 0.760. The number of aryl methyl sites for hydroxylation is 1. The monoisotopic (exact) mass is 681 g/mol. The van der Waals surface area contributed by atoms with Crippen molar-refractivity contribution in [2.75, 3.05) is 26.6 Å². The van der Waals surface area contributed by atoms with E-state index >= 15 is 0 Å². The van der Waals surface area contributed by atoms with Gasteiger partial charge in [-0.15, -0.1) is 0 Å². The molecule has 1 N–H and O–H groups in total. The van der Waals surface area contributed by atoms with Gasteiger partial charge in [-0.05, 0) is 106 Å². The van der Waals surface area contributed by atoms with Crippen LogP contribution in [0.25, 0.3) is 0 Å². The van der Waals surface area contributed by atoms with Crippen molar-refractivity contribution < 1.29 is 38.0 Å². The Labute approximate surface area is 293 Å². The number of ether oxygens (including phenoxy) is 6. The van der Waals surface area contributed by atoms with Crippen LogP contribution in [0.3, 0.4) is 0 Å². The fraction of sp³-hybridized carbons (Fsp3) is 0.750. The molecule has 0 bridgehead atoms. The molecule has 9 nitrogen and oxygen atoms in total. The zero-order valence-electron chi connectivity index (χ0n) is 30.6. The smallest absolute Gasteiger partial charge is 0.306 e. The van der Waals surface area contributed by atoms with Crippen LogP contribution in [-0.4, -0.2) is 82.0 Å². The maximum Gasteiger partial charge on any atom is 0.306 e. The number of cyclic esters (lactones) is 1. The van der Waals surface area contributed by atoms with Gasteiger partial charge in [0.1, 0.15) is 24.4 Å². The molecule has 2 saturated heterocycles. The van der Waals surface area contributed by atoms with Gasteiger partial charge in [-0.1, -0.05) is 38.5 Å². The van der Waals surface area contributed by atoms with Crippen LogP contribution in [0, 0.1) is 42.4 Å². The lowest BCUT2D eigenvalue weighted by Gasteiger charge is -2.44. The molecule has 0 radical (unpaired) electrons. The molecule has 272 valence electrons. The minimum Gasteiger partial charge on any atom is -0.462 e. The molecule has 2 saturated carbocycles. The van der Waals surface area contributed by atoms with E-state index in [0.717, 1.165) is 62.6 Å². The number of fused-ring (bicyclic) bond motifs is 5. The maximum absolute atomic E-state index is 14.2. The van der Waals surface area contributed by atoms with Crippen LogP contribution in [0.2, 0.25) is 0 Å². The lowest BCUT2D eigenvalue weighted by atomic mass is 9.63. The second-order valence-corrected chi connectivity index (χ2v) is 15.5. The normalized spacial score (nSPS) is 41.4. The number of carbonyl (C=O) groups excluding carboxylic acids is 2. The van der Waals surface area contributed by atoms with Crippen molar-refractivity contribution in [3.8, 4) is 0 Å². The molecule has 6 rings (SSSR count). The van der Waals surface area contributed by atoms with Gasteiger partial charge in [-0.2, -0.15) is 0 Å². The summed E-state index contributed by atoms with van der Waals surface area (Å²) in [6.07, 6.45) is 7.77. The number of anilines is 1. The van der Waals surface area contributed by atoms with Crippen molar-refractivity contribution in [1.82, 2.24) is 0 Å². The van der Waals surface area contributed by atoms with Gasteiger partial charge in [0.05, 0.1) is 18.6 Å². The minimum absolute atomic E-state index is 0.0327. The molecule has 5 aliphatic rings. The highest BCUT2D eigenvalue weighted by Gasteiger charge is 2.56. The van der Waals surface area contributed by atoms with E-state index in [0.29, 0.717) is 11.8 Å². The fourth-order valence-corrected chi connectivity index (χ4v) is 10.0. The van der Waals surface area contributed by atoms with E-state index in [1.165, 1.54) is 5.56 Å². The largest absolute Gasteiger partial charge is 0.462 e. The summed E-state index contributed by atoms with van der Waals surface area (Å²) >= 11 is 0. The number of hydrogen-bond acceptors (Lipinski definition) is 9. The van der Waals surface area contributed by atoms with Crippen LogP contribution in [0.4, 0.5) is 5.69 Å². The van der Waals surface area contributed by atoms with Crippen molar-refractivity contribution in [2.24, 2.45) is 35.5 Å². The van der Waals surface area contributed by atoms with Gasteiger partial charge in [0, 0.05) is 44.9 Å². The first-order valence-electron chi connectivity index (χ1n) is 18.8. The topological polar surface area (TPSA) is 102 Å². The summed E-state index contributed by atoms with van der Waals surface area (Å²) in [4.78, 5) is 27.9. The second kappa shape index (κ2) is 15.9. The maximum atomic E-state index is 14.2. The molecular formula is C40H59NO8. The minimum atomic E-state index is -0.584. The molecule has 14 atom stereocenters. The molecule has 1 aromatic rings. The predicted octanol–water partition coefficient (Wildman–Crippen LogP) is 6.66. The fourth-order valence-electron chi connectivity index (χ4n) is 10.0. The Hall–Kier alpha value is -2.30. The van der Waals surface area contributed by atoms with E-state index in [1.54, 1.807) is 21.3 Å². The van der Waals surface area contributed by atoms with E-state index in [2.05, 4.69) is 56.4 Å². The summed E-state index contributed by atoms with van der Waals surface area (Å²) in [6, 6.07) is 8.59. The van der Waals surface area contributed by atoms with Gasteiger partial charge in [-0.3, -0.25) is 9.59 Å². The SMILES string of the molecule is CC[C@H]1CCCC[C@@H](C)C(=O)C2=C[C@H]3[C@@H]4C[C@H](O[C@@H]5OC(C)[C@H](OC)C(OC)C5OC)C[C@H]4C[C@H](Nc4cccc(C)c4)[C@H]3[C@@H]2CC(=O)O1. The van der Waals surface area contributed by atoms with E-state index in [4.69, 9.17) is 28.4 Å². The highest BCUT2D eigenvalue weighted by molar-refractivity contribution is 5.98. The van der Waals surface area contributed by atoms with Crippen LogP contribution >= 0.6 is 0 Å². The third-order valence-electron chi connectivity index (χ3n) is 12.4. The Morgan fingerprint density at radius 1 is 0.939 bits per heavy atom. The number of ketones is 1. The molecular weight excluding hydrogens is 622 g/mol. The zero-order chi connectivity index (χ0) is 34.8. The Morgan fingerprint density at radius 3 is 2.41 bits per heavy atom.